The third-order valence-electron chi connectivity index (χ3n) is 13.3. The first-order valence-corrected chi connectivity index (χ1v) is 31.4. The lowest BCUT2D eigenvalue weighted by atomic mass is 9.99. The Morgan fingerprint density at radius 3 is 1.01 bits per heavy atom. The van der Waals surface area contributed by atoms with Crippen molar-refractivity contribution >= 4 is 37.3 Å². The first-order chi connectivity index (χ1) is 44.8. The Bertz CT molecular complexity index is 4510. The van der Waals surface area contributed by atoms with Gasteiger partial charge in [0, 0.05) is 63.6 Å². The second-order valence-corrected chi connectivity index (χ2v) is 23.7. The molecule has 10 aromatic carbocycles. The van der Waals surface area contributed by atoms with Crippen molar-refractivity contribution in [3.63, 3.8) is 0 Å². The van der Waals surface area contributed by atoms with E-state index < -0.39 is 56.4 Å². The predicted octanol–water partition coefficient (Wildman–Crippen LogP) is 15.3. The van der Waals surface area contributed by atoms with Gasteiger partial charge in [-0.25, -0.2) is 35.1 Å². The molecular weight excluding hydrogens is 1290 g/mol. The van der Waals surface area contributed by atoms with Crippen LogP contribution in [0.3, 0.4) is 0 Å². The van der Waals surface area contributed by atoms with Gasteiger partial charge in [0.15, 0.2) is 21.4 Å². The van der Waals surface area contributed by atoms with Gasteiger partial charge >= 0.3 is 13.2 Å². The number of carbonyl (C=O) groups is 3. The maximum atomic E-state index is 13.7. The second-order valence-electron chi connectivity index (χ2n) is 20.1. The molecule has 0 radical (unpaired) electrons. The van der Waals surface area contributed by atoms with E-state index in [9.17, 15) is 87.5 Å². The average molecular weight is 1350 g/mol. The van der Waals surface area contributed by atoms with E-state index in [4.69, 9.17) is 10.9 Å². The first kappa shape index (κ1) is 73.0. The highest BCUT2D eigenvalue weighted by Gasteiger charge is 2.18. The normalized spacial score (nSPS) is 10.9. The van der Waals surface area contributed by atoms with Crippen molar-refractivity contribution in [1.82, 2.24) is 0 Å². The zero-order chi connectivity index (χ0) is 69.9. The Hall–Kier alpha value is -11.0. The van der Waals surface area contributed by atoms with E-state index in [1.165, 1.54) is 133 Å². The molecule has 0 fully saturated rings. The fourth-order valence-electron chi connectivity index (χ4n) is 8.79. The lowest BCUT2D eigenvalue weighted by Gasteiger charge is -2.12. The SMILES string of the molecule is CCC(=O)c1cccc(-c2cc(O)ccc2F)c1.CCC(=O)c1cccc(-c2cc(O)ccc2OC(F)F)c1.CS(=O)(=O)c1cccc(-c2cc(O)ccc2F)c1.NC(=O)c1cccc(-c2cc(O)ccc2OC(F)F)c1.NS(=O)(=O)c1cccc(-c2cc(O)ccc2F)c1. The van der Waals surface area contributed by atoms with Crippen LogP contribution >= 0.6 is 0 Å². The standard InChI is InChI=1S/C16H14F2O3.C15H13FO2.C14H11F2NO3.C13H11FO3S.C12H10FNO3S/c1-2-14(20)11-5-3-4-10(8-11)13-9-12(19)6-7-15(13)21-16(17)18;1-2-15(18)11-5-3-4-10(8-11)13-9-12(17)6-7-14(13)16;15-14(16)20-12-5-4-10(18)7-11(12)8-2-1-3-9(6-8)13(17)19;1-18(16,17)11-4-2-3-9(7-11)12-8-10(15)5-6-13(12)14;13-12-5-4-9(15)7-11(12)8-2-1-3-10(6-8)18(14,16)17/h3-9,16,19H,2H2,1H3;3-9,17H,2H2,1H3;1-7,14,18H,(H2,17,19);2-8,15H,1H3;1-7,15H,(H2,14,16,17). The summed E-state index contributed by atoms with van der Waals surface area (Å²) in [5.74, 6) is -2.67. The number of rotatable bonds is 16. The maximum Gasteiger partial charge on any atom is 0.387 e. The maximum absolute atomic E-state index is 13.7. The molecule has 0 saturated carbocycles. The number of nitrogens with two attached hydrogens (primary N) is 2. The van der Waals surface area contributed by atoms with Gasteiger partial charge < -0.3 is 40.7 Å². The minimum atomic E-state index is -3.84. The molecule has 9 N–H and O–H groups in total. The molecule has 0 heterocycles. The number of sulfone groups is 1. The van der Waals surface area contributed by atoms with Crippen molar-refractivity contribution in [2.75, 3.05) is 6.26 Å². The highest BCUT2D eigenvalue weighted by Crippen LogP contribution is 2.37. The van der Waals surface area contributed by atoms with Crippen molar-refractivity contribution in [2.45, 2.75) is 49.7 Å². The summed E-state index contributed by atoms with van der Waals surface area (Å²) < 4.78 is 145. The minimum absolute atomic E-state index is 0.00128. The number of primary sulfonamides is 1. The van der Waals surface area contributed by atoms with Crippen molar-refractivity contribution in [2.24, 2.45) is 10.9 Å². The van der Waals surface area contributed by atoms with Crippen molar-refractivity contribution in [1.29, 1.82) is 0 Å². The van der Waals surface area contributed by atoms with Crippen LogP contribution in [0.2, 0.25) is 0 Å². The highest BCUT2D eigenvalue weighted by molar-refractivity contribution is 7.90. The van der Waals surface area contributed by atoms with Gasteiger partial charge in [0.05, 0.1) is 9.79 Å². The Labute approximate surface area is 541 Å². The van der Waals surface area contributed by atoms with E-state index in [1.807, 2.05) is 0 Å². The van der Waals surface area contributed by atoms with Crippen LogP contribution in [-0.4, -0.2) is 79.3 Å². The van der Waals surface area contributed by atoms with Gasteiger partial charge in [-0.05, 0) is 167 Å². The third kappa shape index (κ3) is 21.3. The van der Waals surface area contributed by atoms with Crippen molar-refractivity contribution in [3.05, 3.63) is 246 Å². The number of amides is 1. The summed E-state index contributed by atoms with van der Waals surface area (Å²) in [6.07, 6.45) is 1.85. The molecule has 0 saturated heterocycles. The zero-order valence-corrected chi connectivity index (χ0v) is 51.9. The van der Waals surface area contributed by atoms with E-state index in [1.54, 1.807) is 80.6 Å². The summed E-state index contributed by atoms with van der Waals surface area (Å²) >= 11 is 0. The number of ether oxygens (including phenoxy) is 2. The van der Waals surface area contributed by atoms with Crippen molar-refractivity contribution in [3.8, 4) is 95.9 Å². The number of ketones is 2. The average Bonchev–Trinajstić information content (AvgIpc) is 0.865. The number of benzene rings is 10. The number of primary amides is 1. The number of alkyl halides is 4. The number of Topliss-reactive ketones (excluding diaryl/α,β-unsaturated/α-hetero) is 2. The number of carbonyl (C=O) groups excluding carboxylic acids is 3. The highest BCUT2D eigenvalue weighted by atomic mass is 32.2. The molecule has 0 spiro atoms. The molecule has 1 amide bonds. The Balaban J connectivity index is 0.000000188. The summed E-state index contributed by atoms with van der Waals surface area (Å²) in [5, 5.41) is 52.1. The predicted molar refractivity (Wildman–Crippen MR) is 343 cm³/mol. The lowest BCUT2D eigenvalue weighted by molar-refractivity contribution is -0.0501. The molecule has 25 heteroatoms. The van der Waals surface area contributed by atoms with Gasteiger partial charge in [0.2, 0.25) is 15.9 Å². The van der Waals surface area contributed by atoms with Crippen LogP contribution in [0.25, 0.3) is 55.6 Å². The molecule has 10 aromatic rings. The summed E-state index contributed by atoms with van der Waals surface area (Å²) in [4.78, 5) is 34.5. The monoisotopic (exact) mass is 1350 g/mol. The van der Waals surface area contributed by atoms with E-state index in [0.717, 1.165) is 18.4 Å². The number of halogens is 7. The first-order valence-electron chi connectivity index (χ1n) is 28.0. The largest absolute Gasteiger partial charge is 0.508 e. The van der Waals surface area contributed by atoms with E-state index in [0.29, 0.717) is 62.9 Å². The lowest BCUT2D eigenvalue weighted by Crippen LogP contribution is -2.11. The van der Waals surface area contributed by atoms with Gasteiger partial charge in [-0.3, -0.25) is 14.4 Å². The van der Waals surface area contributed by atoms with Gasteiger partial charge in [-0.15, -0.1) is 0 Å². The summed E-state index contributed by atoms with van der Waals surface area (Å²) in [6.45, 7) is -2.43. The van der Waals surface area contributed by atoms with Crippen LogP contribution in [0, 0.1) is 17.5 Å². The molecule has 16 nitrogen and oxygen atoms in total. The molecule has 0 atom stereocenters. The number of phenols is 5. The third-order valence-corrected chi connectivity index (χ3v) is 15.4. The Morgan fingerprint density at radius 2 is 0.684 bits per heavy atom. The van der Waals surface area contributed by atoms with Gasteiger partial charge in [0.25, 0.3) is 0 Å². The number of aromatic hydroxyl groups is 5. The van der Waals surface area contributed by atoms with E-state index >= 15 is 0 Å². The molecule has 0 aliphatic rings. The number of phenolic OH excluding ortho intramolecular Hbond substituents is 5. The van der Waals surface area contributed by atoms with Crippen LogP contribution in [0.5, 0.6) is 40.2 Å². The molecule has 0 bridgehead atoms. The molecular formula is C70H59F7N2O14S2. The smallest absolute Gasteiger partial charge is 0.387 e. The molecule has 10 rings (SSSR count). The van der Waals surface area contributed by atoms with Crippen LogP contribution in [-0.2, 0) is 19.9 Å². The van der Waals surface area contributed by atoms with Gasteiger partial charge in [0.1, 0.15) is 57.7 Å². The fourth-order valence-corrected chi connectivity index (χ4v) is 10.0. The van der Waals surface area contributed by atoms with Gasteiger partial charge in [-0.2, -0.15) is 17.6 Å². The van der Waals surface area contributed by atoms with Crippen LogP contribution < -0.4 is 20.3 Å². The van der Waals surface area contributed by atoms with Gasteiger partial charge in [-0.1, -0.05) is 86.6 Å². The summed E-state index contributed by atoms with van der Waals surface area (Å²) in [6, 6.07) is 49.6. The molecule has 0 aromatic heterocycles. The Kier molecular flexibility index (Phi) is 25.4. The second kappa shape index (κ2) is 33.0. The van der Waals surface area contributed by atoms with Crippen LogP contribution in [0.4, 0.5) is 30.7 Å². The molecule has 0 unspecified atom stereocenters. The molecule has 0 aliphatic carbocycles. The number of sulfonamides is 1. The van der Waals surface area contributed by atoms with Crippen molar-refractivity contribution < 1.29 is 97.0 Å². The number of hydrogen-bond donors (Lipinski definition) is 7. The minimum Gasteiger partial charge on any atom is -0.508 e. The molecule has 494 valence electrons. The molecule has 0 aliphatic heterocycles. The van der Waals surface area contributed by atoms with E-state index in [-0.39, 0.29) is 83.9 Å². The molecule has 95 heavy (non-hydrogen) atoms. The summed E-state index contributed by atoms with van der Waals surface area (Å²) in [5.41, 5.74) is 9.85. The van der Waals surface area contributed by atoms with E-state index in [2.05, 4.69) is 9.47 Å². The summed E-state index contributed by atoms with van der Waals surface area (Å²) in [7, 11) is -7.18. The Morgan fingerprint density at radius 1 is 0.400 bits per heavy atom. The number of hydrogen-bond acceptors (Lipinski definition) is 14. The zero-order valence-electron chi connectivity index (χ0n) is 50.3. The van der Waals surface area contributed by atoms with Crippen LogP contribution in [0.15, 0.2) is 222 Å². The van der Waals surface area contributed by atoms with Crippen LogP contribution in [0.1, 0.15) is 57.8 Å². The fraction of sp³-hybridized carbons (Fsp3) is 0.100. The quantitative estimate of drug-likeness (QED) is 0.0350. The topological polar surface area (TPSA) is 291 Å².